The van der Waals surface area contributed by atoms with Gasteiger partial charge in [0, 0.05) is 25.0 Å². The SMILES string of the molecule is CCc1cc2c(N3CCN(C)C(=O)C3)nc(Cl)nc2s1. The minimum absolute atomic E-state index is 0.102. The van der Waals surface area contributed by atoms with E-state index >= 15 is 0 Å². The summed E-state index contributed by atoms with van der Waals surface area (Å²) < 4.78 is 0. The molecule has 2 aromatic rings. The van der Waals surface area contributed by atoms with E-state index in [0.29, 0.717) is 13.1 Å². The Bertz CT molecular complexity index is 672. The first-order valence-electron chi connectivity index (χ1n) is 6.53. The summed E-state index contributed by atoms with van der Waals surface area (Å²) in [4.78, 5) is 26.4. The minimum Gasteiger partial charge on any atom is -0.345 e. The molecular formula is C13H15ClN4OS. The quantitative estimate of drug-likeness (QED) is 0.798. The number of hydrogen-bond donors (Lipinski definition) is 0. The number of nitrogens with zero attached hydrogens (tertiary/aromatic N) is 4. The molecule has 0 aromatic carbocycles. The first kappa shape index (κ1) is 13.6. The highest BCUT2D eigenvalue weighted by molar-refractivity contribution is 7.18. The van der Waals surface area contributed by atoms with Crippen molar-refractivity contribution in [3.8, 4) is 0 Å². The number of aryl methyl sites for hydroxylation is 1. The zero-order valence-corrected chi connectivity index (χ0v) is 13.0. The number of fused-ring (bicyclic) bond motifs is 1. The molecule has 3 heterocycles. The average Bonchev–Trinajstić information content (AvgIpc) is 2.83. The van der Waals surface area contributed by atoms with Gasteiger partial charge in [-0.05, 0) is 24.1 Å². The van der Waals surface area contributed by atoms with Crippen LogP contribution < -0.4 is 4.90 Å². The van der Waals surface area contributed by atoms with E-state index in [1.165, 1.54) is 4.88 Å². The van der Waals surface area contributed by atoms with E-state index < -0.39 is 0 Å². The topological polar surface area (TPSA) is 49.3 Å². The van der Waals surface area contributed by atoms with Gasteiger partial charge in [-0.25, -0.2) is 4.98 Å². The molecule has 106 valence electrons. The number of rotatable bonds is 2. The van der Waals surface area contributed by atoms with Crippen molar-refractivity contribution in [3.05, 3.63) is 16.2 Å². The number of carbonyl (C=O) groups is 1. The minimum atomic E-state index is 0.102. The van der Waals surface area contributed by atoms with Crippen molar-refractivity contribution in [2.75, 3.05) is 31.6 Å². The van der Waals surface area contributed by atoms with Gasteiger partial charge in [-0.3, -0.25) is 4.79 Å². The van der Waals surface area contributed by atoms with Crippen molar-refractivity contribution < 1.29 is 4.79 Å². The molecule has 1 saturated heterocycles. The molecule has 0 spiro atoms. The predicted octanol–water partition coefficient (Wildman–Crippen LogP) is 2.19. The van der Waals surface area contributed by atoms with Crippen molar-refractivity contribution in [2.45, 2.75) is 13.3 Å². The van der Waals surface area contributed by atoms with Crippen molar-refractivity contribution >= 4 is 44.9 Å². The normalized spacial score (nSPS) is 16.2. The van der Waals surface area contributed by atoms with Crippen LogP contribution in [0.1, 0.15) is 11.8 Å². The number of carbonyl (C=O) groups excluding carboxylic acids is 1. The fourth-order valence-electron chi connectivity index (χ4n) is 2.29. The summed E-state index contributed by atoms with van der Waals surface area (Å²) in [5, 5.41) is 1.23. The number of piperazine rings is 1. The molecule has 7 heteroatoms. The number of hydrogen-bond acceptors (Lipinski definition) is 5. The second kappa shape index (κ2) is 5.18. The van der Waals surface area contributed by atoms with Crippen LogP contribution in [0.15, 0.2) is 6.07 Å². The number of aromatic nitrogens is 2. The summed E-state index contributed by atoms with van der Waals surface area (Å²) in [6.45, 7) is 3.92. The van der Waals surface area contributed by atoms with E-state index in [1.54, 1.807) is 16.2 Å². The summed E-state index contributed by atoms with van der Waals surface area (Å²) in [6.07, 6.45) is 0.958. The molecule has 0 atom stereocenters. The van der Waals surface area contributed by atoms with Gasteiger partial charge in [-0.15, -0.1) is 11.3 Å². The van der Waals surface area contributed by atoms with Crippen LogP contribution in [0.4, 0.5) is 5.82 Å². The lowest BCUT2D eigenvalue weighted by Crippen LogP contribution is -2.48. The lowest BCUT2D eigenvalue weighted by Gasteiger charge is -2.32. The number of halogens is 1. The lowest BCUT2D eigenvalue weighted by atomic mass is 10.2. The Hall–Kier alpha value is -1.40. The van der Waals surface area contributed by atoms with E-state index in [0.717, 1.165) is 29.0 Å². The Kier molecular flexibility index (Phi) is 3.52. The Morgan fingerprint density at radius 1 is 1.40 bits per heavy atom. The maximum absolute atomic E-state index is 11.9. The monoisotopic (exact) mass is 310 g/mol. The molecule has 5 nitrogen and oxygen atoms in total. The smallest absolute Gasteiger partial charge is 0.241 e. The zero-order valence-electron chi connectivity index (χ0n) is 11.4. The Morgan fingerprint density at radius 3 is 2.90 bits per heavy atom. The molecule has 0 N–H and O–H groups in total. The van der Waals surface area contributed by atoms with E-state index in [4.69, 9.17) is 11.6 Å². The van der Waals surface area contributed by atoms with Crippen LogP contribution in [0.3, 0.4) is 0 Å². The van der Waals surface area contributed by atoms with Crippen LogP contribution >= 0.6 is 22.9 Å². The van der Waals surface area contributed by atoms with Gasteiger partial charge in [0.1, 0.15) is 10.6 Å². The third kappa shape index (κ3) is 2.33. The van der Waals surface area contributed by atoms with Gasteiger partial charge in [-0.2, -0.15) is 4.98 Å². The van der Waals surface area contributed by atoms with Crippen molar-refractivity contribution in [1.82, 2.24) is 14.9 Å². The molecule has 1 aliphatic heterocycles. The first-order chi connectivity index (χ1) is 9.58. The van der Waals surface area contributed by atoms with E-state index in [1.807, 2.05) is 11.9 Å². The molecular weight excluding hydrogens is 296 g/mol. The molecule has 0 aliphatic carbocycles. The third-order valence-electron chi connectivity index (χ3n) is 3.50. The van der Waals surface area contributed by atoms with Gasteiger partial charge in [-0.1, -0.05) is 6.92 Å². The highest BCUT2D eigenvalue weighted by atomic mass is 35.5. The van der Waals surface area contributed by atoms with Crippen LogP contribution in [0.25, 0.3) is 10.2 Å². The molecule has 20 heavy (non-hydrogen) atoms. The summed E-state index contributed by atoms with van der Waals surface area (Å²) in [5.41, 5.74) is 0. The van der Waals surface area contributed by atoms with Crippen molar-refractivity contribution in [1.29, 1.82) is 0 Å². The van der Waals surface area contributed by atoms with Crippen LogP contribution in [0.2, 0.25) is 5.28 Å². The average molecular weight is 311 g/mol. The highest BCUT2D eigenvalue weighted by Crippen LogP contribution is 2.32. The number of anilines is 1. The molecule has 0 unspecified atom stereocenters. The fraction of sp³-hybridized carbons (Fsp3) is 0.462. The molecule has 0 bridgehead atoms. The Labute approximate surface area is 126 Å². The van der Waals surface area contributed by atoms with Gasteiger partial charge in [0.25, 0.3) is 0 Å². The van der Waals surface area contributed by atoms with Gasteiger partial charge in [0.2, 0.25) is 11.2 Å². The summed E-state index contributed by atoms with van der Waals surface area (Å²) in [5.74, 6) is 0.877. The van der Waals surface area contributed by atoms with E-state index in [9.17, 15) is 4.79 Å². The molecule has 1 fully saturated rings. The second-order valence-corrected chi connectivity index (χ2v) is 6.29. The molecule has 0 radical (unpaired) electrons. The van der Waals surface area contributed by atoms with Crippen LogP contribution in [-0.2, 0) is 11.2 Å². The van der Waals surface area contributed by atoms with Crippen LogP contribution in [0, 0.1) is 0 Å². The molecule has 3 rings (SSSR count). The summed E-state index contributed by atoms with van der Waals surface area (Å²) in [6, 6.07) is 2.11. The van der Waals surface area contributed by atoms with Crippen molar-refractivity contribution in [2.24, 2.45) is 0 Å². The molecule has 1 amide bonds. The maximum Gasteiger partial charge on any atom is 0.241 e. The van der Waals surface area contributed by atoms with Crippen LogP contribution in [0.5, 0.6) is 0 Å². The molecule has 1 aliphatic rings. The van der Waals surface area contributed by atoms with Gasteiger partial charge < -0.3 is 9.80 Å². The third-order valence-corrected chi connectivity index (χ3v) is 4.84. The summed E-state index contributed by atoms with van der Waals surface area (Å²) in [7, 11) is 1.82. The number of amides is 1. The lowest BCUT2D eigenvalue weighted by molar-refractivity contribution is -0.129. The highest BCUT2D eigenvalue weighted by Gasteiger charge is 2.24. The maximum atomic E-state index is 11.9. The molecule has 2 aromatic heterocycles. The van der Waals surface area contributed by atoms with E-state index in [2.05, 4.69) is 23.0 Å². The summed E-state index contributed by atoms with van der Waals surface area (Å²) >= 11 is 7.66. The first-order valence-corrected chi connectivity index (χ1v) is 7.72. The molecule has 0 saturated carbocycles. The fourth-order valence-corrected chi connectivity index (χ4v) is 3.46. The predicted molar refractivity (Wildman–Crippen MR) is 81.7 cm³/mol. The van der Waals surface area contributed by atoms with Crippen molar-refractivity contribution in [3.63, 3.8) is 0 Å². The largest absolute Gasteiger partial charge is 0.345 e. The van der Waals surface area contributed by atoms with Gasteiger partial charge in [0.15, 0.2) is 0 Å². The standard InChI is InChI=1S/C13H15ClN4OS/c1-3-8-6-9-11(15-13(14)16-12(9)20-8)18-5-4-17(2)10(19)7-18/h6H,3-5,7H2,1-2H3. The number of thiophene rings is 1. The zero-order chi connectivity index (χ0) is 14.3. The Morgan fingerprint density at radius 2 is 2.20 bits per heavy atom. The number of likely N-dealkylation sites (N-methyl/N-ethyl adjacent to an activating group) is 1. The van der Waals surface area contributed by atoms with Gasteiger partial charge in [0.05, 0.1) is 11.9 Å². The van der Waals surface area contributed by atoms with E-state index in [-0.39, 0.29) is 11.2 Å². The Balaban J connectivity index is 2.06. The van der Waals surface area contributed by atoms with Gasteiger partial charge >= 0.3 is 0 Å². The second-order valence-electron chi connectivity index (χ2n) is 4.84. The van der Waals surface area contributed by atoms with Crippen LogP contribution in [-0.4, -0.2) is 47.5 Å².